The van der Waals surface area contributed by atoms with Crippen LogP contribution in [0.5, 0.6) is 0 Å². The first-order valence-corrected chi connectivity index (χ1v) is 5.87. The molecule has 0 saturated carbocycles. The summed E-state index contributed by atoms with van der Waals surface area (Å²) >= 11 is 0. The van der Waals surface area contributed by atoms with Gasteiger partial charge in [0, 0.05) is 0 Å². The molecule has 0 saturated heterocycles. The average molecular weight is 234 g/mol. The third-order valence-electron chi connectivity index (χ3n) is 1.37. The van der Waals surface area contributed by atoms with Crippen LogP contribution < -0.4 is 0 Å². The Morgan fingerprint density at radius 3 is 2.14 bits per heavy atom. The molecule has 0 N–H and O–H groups in total. The average Bonchev–Trinajstić information content (AvgIpc) is 2.03. The lowest BCUT2D eigenvalue weighted by molar-refractivity contribution is -0.0751. The summed E-state index contributed by atoms with van der Waals surface area (Å²) in [5.74, 6) is -4.93. The van der Waals surface area contributed by atoms with Crippen molar-refractivity contribution in [3.05, 3.63) is 0 Å². The van der Waals surface area contributed by atoms with Gasteiger partial charge in [0.25, 0.3) is 0 Å². The fourth-order valence-corrected chi connectivity index (χ4v) is 1.76. The van der Waals surface area contributed by atoms with Crippen LogP contribution in [0.3, 0.4) is 0 Å². The summed E-state index contributed by atoms with van der Waals surface area (Å²) in [5.41, 5.74) is 0. The maximum atomic E-state index is 12.2. The van der Waals surface area contributed by atoms with Crippen molar-refractivity contribution in [2.45, 2.75) is 32.6 Å². The van der Waals surface area contributed by atoms with Gasteiger partial charge in [-0.1, -0.05) is 13.3 Å². The second-order valence-corrected chi connectivity index (χ2v) is 4.59. The van der Waals surface area contributed by atoms with Gasteiger partial charge in [-0.3, -0.25) is 0 Å². The van der Waals surface area contributed by atoms with Gasteiger partial charge in [-0.25, -0.2) is 4.57 Å². The van der Waals surface area contributed by atoms with Crippen molar-refractivity contribution < 1.29 is 26.8 Å². The molecule has 3 nitrogen and oxygen atoms in total. The topological polar surface area (TPSA) is 35.5 Å². The minimum Gasteiger partial charge on any atom is -0.303 e. The molecule has 0 aromatic rings. The highest BCUT2D eigenvalue weighted by molar-refractivity contribution is 7.54. The van der Waals surface area contributed by atoms with E-state index in [-0.39, 0.29) is 13.2 Å². The summed E-state index contributed by atoms with van der Waals surface area (Å²) in [6.07, 6.45) is 1.09. The third-order valence-corrected chi connectivity index (χ3v) is 3.11. The molecule has 0 fully saturated rings. The Balaban J connectivity index is 4.34. The predicted molar refractivity (Wildman–Crippen MR) is 46.1 cm³/mol. The number of halogens is 3. The SMILES string of the molecule is CCCCOP(=O)(OCC)C(F)(F)F. The van der Waals surface area contributed by atoms with E-state index in [2.05, 4.69) is 9.05 Å². The van der Waals surface area contributed by atoms with E-state index >= 15 is 0 Å². The molecule has 14 heavy (non-hydrogen) atoms. The van der Waals surface area contributed by atoms with E-state index in [0.29, 0.717) is 12.8 Å². The standard InChI is InChI=1S/C7H14F3O3P/c1-3-5-6-13-14(11,12-4-2)7(8,9)10/h3-6H2,1-2H3. The van der Waals surface area contributed by atoms with Gasteiger partial charge < -0.3 is 9.05 Å². The molecule has 0 bridgehead atoms. The van der Waals surface area contributed by atoms with Crippen molar-refractivity contribution in [2.24, 2.45) is 0 Å². The van der Waals surface area contributed by atoms with Crippen molar-refractivity contribution in [3.63, 3.8) is 0 Å². The van der Waals surface area contributed by atoms with Crippen LogP contribution in [0.4, 0.5) is 13.2 Å². The van der Waals surface area contributed by atoms with Crippen molar-refractivity contribution in [3.8, 4) is 0 Å². The Morgan fingerprint density at radius 2 is 1.79 bits per heavy atom. The van der Waals surface area contributed by atoms with E-state index in [0.717, 1.165) is 0 Å². The molecule has 0 radical (unpaired) electrons. The van der Waals surface area contributed by atoms with Crippen molar-refractivity contribution in [2.75, 3.05) is 13.2 Å². The first-order valence-electron chi connectivity index (χ1n) is 4.33. The molecule has 0 aromatic heterocycles. The normalized spacial score (nSPS) is 16.6. The van der Waals surface area contributed by atoms with Crippen LogP contribution in [0, 0.1) is 0 Å². The summed E-state index contributed by atoms with van der Waals surface area (Å²) in [5, 5.41) is 0. The first-order chi connectivity index (χ1) is 6.37. The lowest BCUT2D eigenvalue weighted by Crippen LogP contribution is -2.14. The van der Waals surface area contributed by atoms with Crippen LogP contribution in [0.15, 0.2) is 0 Å². The first kappa shape index (κ1) is 13.9. The van der Waals surface area contributed by atoms with Gasteiger partial charge in [0.15, 0.2) is 0 Å². The van der Waals surface area contributed by atoms with Crippen LogP contribution in [-0.2, 0) is 13.6 Å². The molecular weight excluding hydrogens is 220 g/mol. The van der Waals surface area contributed by atoms with Gasteiger partial charge in [0.1, 0.15) is 0 Å². The zero-order chi connectivity index (χ0) is 11.2. The van der Waals surface area contributed by atoms with Crippen LogP contribution in [0.25, 0.3) is 0 Å². The van der Waals surface area contributed by atoms with Gasteiger partial charge >= 0.3 is 13.5 Å². The van der Waals surface area contributed by atoms with E-state index < -0.39 is 13.5 Å². The highest BCUT2D eigenvalue weighted by atomic mass is 31.2. The van der Waals surface area contributed by atoms with Crippen molar-refractivity contribution >= 4 is 7.60 Å². The van der Waals surface area contributed by atoms with Gasteiger partial charge in [-0.05, 0) is 13.3 Å². The zero-order valence-electron chi connectivity index (χ0n) is 8.13. The molecule has 0 spiro atoms. The molecule has 0 aromatic carbocycles. The van der Waals surface area contributed by atoms with Crippen LogP contribution in [-0.4, -0.2) is 19.1 Å². The molecule has 0 heterocycles. The molecule has 0 rings (SSSR count). The highest BCUT2D eigenvalue weighted by Gasteiger charge is 2.54. The lowest BCUT2D eigenvalue weighted by atomic mass is 10.4. The number of rotatable bonds is 6. The minimum absolute atomic E-state index is 0.201. The highest BCUT2D eigenvalue weighted by Crippen LogP contribution is 2.62. The summed E-state index contributed by atoms with van der Waals surface area (Å²) in [7, 11) is -4.93. The second kappa shape index (κ2) is 5.73. The molecular formula is C7H14F3O3P. The van der Waals surface area contributed by atoms with Gasteiger partial charge in [-0.15, -0.1) is 0 Å². The maximum Gasteiger partial charge on any atom is 0.493 e. The molecule has 7 heteroatoms. The van der Waals surface area contributed by atoms with E-state index in [1.807, 2.05) is 0 Å². The predicted octanol–water partition coefficient (Wildman–Crippen LogP) is 3.55. The summed E-state index contributed by atoms with van der Waals surface area (Å²) in [6.45, 7) is 2.64. The fraction of sp³-hybridized carbons (Fsp3) is 1.00. The Hall–Kier alpha value is -0.0600. The second-order valence-electron chi connectivity index (χ2n) is 2.57. The fourth-order valence-electron chi connectivity index (χ4n) is 0.683. The Bertz CT molecular complexity index is 205. The molecule has 1 unspecified atom stereocenters. The van der Waals surface area contributed by atoms with E-state index in [9.17, 15) is 17.7 Å². The molecule has 0 aliphatic rings. The van der Waals surface area contributed by atoms with Crippen LogP contribution in [0.2, 0.25) is 0 Å². The maximum absolute atomic E-state index is 12.2. The molecule has 0 aliphatic heterocycles. The van der Waals surface area contributed by atoms with Crippen molar-refractivity contribution in [1.29, 1.82) is 0 Å². The van der Waals surface area contributed by atoms with Gasteiger partial charge in [0.2, 0.25) is 0 Å². The molecule has 1 atom stereocenters. The van der Waals surface area contributed by atoms with E-state index in [1.165, 1.54) is 6.92 Å². The number of hydrogen-bond donors (Lipinski definition) is 0. The Labute approximate surface area is 81.1 Å². The zero-order valence-corrected chi connectivity index (χ0v) is 9.03. The minimum atomic E-state index is -4.93. The summed E-state index contributed by atoms with van der Waals surface area (Å²) in [4.78, 5) is 0. The van der Waals surface area contributed by atoms with Gasteiger partial charge in [-0.2, -0.15) is 13.2 Å². The Kier molecular flexibility index (Phi) is 5.71. The Morgan fingerprint density at radius 1 is 1.21 bits per heavy atom. The lowest BCUT2D eigenvalue weighted by Gasteiger charge is -2.19. The van der Waals surface area contributed by atoms with Crippen molar-refractivity contribution in [1.82, 2.24) is 0 Å². The number of unbranched alkanes of at least 4 members (excludes halogenated alkanes) is 1. The summed E-state index contributed by atoms with van der Waals surface area (Å²) in [6, 6.07) is 0. The molecule has 0 amide bonds. The van der Waals surface area contributed by atoms with Gasteiger partial charge in [0.05, 0.1) is 13.2 Å². The molecule has 86 valence electrons. The molecule has 0 aliphatic carbocycles. The van der Waals surface area contributed by atoms with Crippen LogP contribution >= 0.6 is 7.60 Å². The number of alkyl halides is 3. The quantitative estimate of drug-likeness (QED) is 0.520. The number of hydrogen-bond acceptors (Lipinski definition) is 3. The van der Waals surface area contributed by atoms with Crippen LogP contribution in [0.1, 0.15) is 26.7 Å². The van der Waals surface area contributed by atoms with E-state index in [4.69, 9.17) is 0 Å². The smallest absolute Gasteiger partial charge is 0.303 e. The third kappa shape index (κ3) is 3.98. The monoisotopic (exact) mass is 234 g/mol. The summed E-state index contributed by atoms with van der Waals surface area (Å²) < 4.78 is 56.2. The van der Waals surface area contributed by atoms with E-state index in [1.54, 1.807) is 6.92 Å². The largest absolute Gasteiger partial charge is 0.493 e.